The maximum atomic E-state index is 9.31. The molecule has 2 nitrogen and oxygen atoms in total. The van der Waals surface area contributed by atoms with E-state index in [2.05, 4.69) is 48.3 Å². The van der Waals surface area contributed by atoms with Crippen LogP contribution in [0.4, 0.5) is 0 Å². The molecule has 94 valence electrons. The van der Waals surface area contributed by atoms with E-state index < -0.39 is 0 Å². The molecule has 0 spiro atoms. The van der Waals surface area contributed by atoms with Gasteiger partial charge in [-0.2, -0.15) is 0 Å². The molecule has 0 fully saturated rings. The van der Waals surface area contributed by atoms with Crippen LogP contribution < -0.4 is 0 Å². The smallest absolute Gasteiger partial charge is 0.0774 e. The van der Waals surface area contributed by atoms with E-state index >= 15 is 0 Å². The van der Waals surface area contributed by atoms with Crippen molar-refractivity contribution in [3.8, 4) is 0 Å². The SMILES string of the molecule is CN1Cc2sc(CO)cc2C(c2ccccc2)C1. The highest BCUT2D eigenvalue weighted by Crippen LogP contribution is 2.37. The van der Waals surface area contributed by atoms with E-state index in [0.29, 0.717) is 5.92 Å². The number of thiophene rings is 1. The molecule has 1 aliphatic rings. The zero-order valence-corrected chi connectivity index (χ0v) is 11.3. The zero-order valence-electron chi connectivity index (χ0n) is 10.5. The average Bonchev–Trinajstić information content (AvgIpc) is 2.81. The van der Waals surface area contributed by atoms with Gasteiger partial charge in [0.25, 0.3) is 0 Å². The van der Waals surface area contributed by atoms with Gasteiger partial charge in [0.1, 0.15) is 0 Å². The largest absolute Gasteiger partial charge is 0.391 e. The standard InChI is InChI=1S/C15H17NOS/c1-16-8-14(11-5-3-2-4-6-11)13-7-12(10-17)18-15(13)9-16/h2-7,14,17H,8-10H2,1H3. The summed E-state index contributed by atoms with van der Waals surface area (Å²) in [5, 5.41) is 9.31. The summed E-state index contributed by atoms with van der Waals surface area (Å²) < 4.78 is 0. The van der Waals surface area contributed by atoms with Crippen molar-refractivity contribution >= 4 is 11.3 Å². The predicted octanol–water partition coefficient (Wildman–Crippen LogP) is 2.82. The summed E-state index contributed by atoms with van der Waals surface area (Å²) in [6, 6.07) is 12.8. The van der Waals surface area contributed by atoms with Gasteiger partial charge in [-0.3, -0.25) is 0 Å². The normalized spacial score (nSPS) is 19.8. The molecule has 0 amide bonds. The van der Waals surface area contributed by atoms with Gasteiger partial charge in [0.2, 0.25) is 0 Å². The topological polar surface area (TPSA) is 23.5 Å². The van der Waals surface area contributed by atoms with Crippen LogP contribution in [0, 0.1) is 0 Å². The highest BCUT2D eigenvalue weighted by Gasteiger charge is 2.26. The minimum atomic E-state index is 0.156. The molecule has 2 heterocycles. The van der Waals surface area contributed by atoms with Crippen molar-refractivity contribution in [3.63, 3.8) is 0 Å². The van der Waals surface area contributed by atoms with Crippen LogP contribution in [0.5, 0.6) is 0 Å². The van der Waals surface area contributed by atoms with E-state index in [-0.39, 0.29) is 6.61 Å². The molecule has 0 radical (unpaired) electrons. The van der Waals surface area contributed by atoms with Crippen molar-refractivity contribution in [2.45, 2.75) is 19.1 Å². The first-order chi connectivity index (χ1) is 8.78. The van der Waals surface area contributed by atoms with Gasteiger partial charge in [-0.1, -0.05) is 30.3 Å². The third kappa shape index (κ3) is 2.09. The van der Waals surface area contributed by atoms with E-state index in [4.69, 9.17) is 0 Å². The molecular formula is C15H17NOS. The van der Waals surface area contributed by atoms with Crippen molar-refractivity contribution in [3.05, 3.63) is 57.3 Å². The van der Waals surface area contributed by atoms with E-state index in [0.717, 1.165) is 18.0 Å². The summed E-state index contributed by atoms with van der Waals surface area (Å²) in [5.74, 6) is 0.441. The first-order valence-corrected chi connectivity index (χ1v) is 7.05. The van der Waals surface area contributed by atoms with Gasteiger partial charge >= 0.3 is 0 Å². The molecule has 18 heavy (non-hydrogen) atoms. The van der Waals surface area contributed by atoms with Gasteiger partial charge in [-0.25, -0.2) is 0 Å². The van der Waals surface area contributed by atoms with Crippen molar-refractivity contribution in [1.29, 1.82) is 0 Å². The van der Waals surface area contributed by atoms with Gasteiger partial charge in [-0.15, -0.1) is 11.3 Å². The molecule has 1 atom stereocenters. The second-order valence-corrected chi connectivity index (χ2v) is 6.13. The molecule has 1 N–H and O–H groups in total. The summed E-state index contributed by atoms with van der Waals surface area (Å²) >= 11 is 1.75. The van der Waals surface area contributed by atoms with Crippen LogP contribution in [0.15, 0.2) is 36.4 Å². The Morgan fingerprint density at radius 1 is 1.33 bits per heavy atom. The van der Waals surface area contributed by atoms with Crippen molar-refractivity contribution < 1.29 is 5.11 Å². The van der Waals surface area contributed by atoms with Crippen molar-refractivity contribution in [2.24, 2.45) is 0 Å². The lowest BCUT2D eigenvalue weighted by atomic mass is 9.88. The minimum Gasteiger partial charge on any atom is -0.391 e. The van der Waals surface area contributed by atoms with Crippen molar-refractivity contribution in [2.75, 3.05) is 13.6 Å². The zero-order chi connectivity index (χ0) is 12.5. The molecule has 0 saturated heterocycles. The van der Waals surface area contributed by atoms with Gasteiger partial charge < -0.3 is 10.0 Å². The first kappa shape index (κ1) is 11.9. The summed E-state index contributed by atoms with van der Waals surface area (Å²) in [7, 11) is 2.16. The van der Waals surface area contributed by atoms with E-state index in [1.165, 1.54) is 16.0 Å². The lowest BCUT2D eigenvalue weighted by Gasteiger charge is -2.30. The van der Waals surface area contributed by atoms with Crippen LogP contribution in [0.2, 0.25) is 0 Å². The molecule has 1 unspecified atom stereocenters. The highest BCUT2D eigenvalue weighted by molar-refractivity contribution is 7.12. The van der Waals surface area contributed by atoms with E-state index in [1.807, 2.05) is 0 Å². The molecule has 0 aliphatic carbocycles. The van der Waals surface area contributed by atoms with Crippen LogP contribution in [0.3, 0.4) is 0 Å². The second-order valence-electron chi connectivity index (χ2n) is 4.91. The fraction of sp³-hybridized carbons (Fsp3) is 0.333. The molecule has 2 aromatic rings. The Labute approximate surface area is 112 Å². The number of hydrogen-bond donors (Lipinski definition) is 1. The van der Waals surface area contributed by atoms with Gasteiger partial charge in [0, 0.05) is 28.8 Å². The highest BCUT2D eigenvalue weighted by atomic mass is 32.1. The molecular weight excluding hydrogens is 242 g/mol. The summed E-state index contributed by atoms with van der Waals surface area (Å²) in [6.45, 7) is 2.21. The molecule has 1 aromatic heterocycles. The van der Waals surface area contributed by atoms with Gasteiger partial charge in [0.15, 0.2) is 0 Å². The van der Waals surface area contributed by atoms with Crippen molar-refractivity contribution in [1.82, 2.24) is 4.90 Å². The minimum absolute atomic E-state index is 0.156. The summed E-state index contributed by atoms with van der Waals surface area (Å²) in [6.07, 6.45) is 0. The molecule has 1 aliphatic heterocycles. The predicted molar refractivity (Wildman–Crippen MR) is 74.9 cm³/mol. The number of aliphatic hydroxyl groups excluding tert-OH is 1. The number of benzene rings is 1. The first-order valence-electron chi connectivity index (χ1n) is 6.23. The Morgan fingerprint density at radius 3 is 2.83 bits per heavy atom. The third-order valence-corrected chi connectivity index (χ3v) is 4.65. The lowest BCUT2D eigenvalue weighted by Crippen LogP contribution is -2.29. The number of nitrogens with zero attached hydrogens (tertiary/aromatic N) is 1. The van der Waals surface area contributed by atoms with Crippen LogP contribution in [-0.4, -0.2) is 23.6 Å². The van der Waals surface area contributed by atoms with E-state index in [1.54, 1.807) is 11.3 Å². The monoisotopic (exact) mass is 259 g/mol. The average molecular weight is 259 g/mol. The quantitative estimate of drug-likeness (QED) is 0.896. The molecule has 0 saturated carbocycles. The summed E-state index contributed by atoms with van der Waals surface area (Å²) in [5.41, 5.74) is 2.78. The number of fused-ring (bicyclic) bond motifs is 1. The number of hydrogen-bond acceptors (Lipinski definition) is 3. The Kier molecular flexibility index (Phi) is 3.20. The van der Waals surface area contributed by atoms with Crippen LogP contribution in [0.25, 0.3) is 0 Å². The maximum Gasteiger partial charge on any atom is 0.0774 e. The second kappa shape index (κ2) is 4.84. The Morgan fingerprint density at radius 2 is 2.11 bits per heavy atom. The Hall–Kier alpha value is -1.16. The fourth-order valence-electron chi connectivity index (χ4n) is 2.69. The number of rotatable bonds is 2. The molecule has 3 heteroatoms. The van der Waals surface area contributed by atoms with Crippen LogP contribution in [0.1, 0.15) is 26.8 Å². The Bertz CT molecular complexity index is 535. The molecule has 3 rings (SSSR count). The maximum absolute atomic E-state index is 9.31. The Balaban J connectivity index is 2.04. The van der Waals surface area contributed by atoms with Crippen LogP contribution in [-0.2, 0) is 13.2 Å². The van der Waals surface area contributed by atoms with Gasteiger partial charge in [0.05, 0.1) is 6.61 Å². The van der Waals surface area contributed by atoms with Gasteiger partial charge in [-0.05, 0) is 24.2 Å². The molecule has 0 bridgehead atoms. The molecule has 1 aromatic carbocycles. The third-order valence-electron chi connectivity index (χ3n) is 3.53. The van der Waals surface area contributed by atoms with Crippen LogP contribution >= 0.6 is 11.3 Å². The number of aliphatic hydroxyl groups is 1. The van der Waals surface area contributed by atoms with E-state index in [9.17, 15) is 5.11 Å². The lowest BCUT2D eigenvalue weighted by molar-refractivity contribution is 0.285. The summed E-state index contributed by atoms with van der Waals surface area (Å²) in [4.78, 5) is 4.84. The number of likely N-dealkylation sites (N-methyl/N-ethyl adjacent to an activating group) is 1. The fourth-order valence-corrected chi connectivity index (χ4v) is 3.86.